The normalized spacial score (nSPS) is 17.1. The number of esters is 3. The summed E-state index contributed by atoms with van der Waals surface area (Å²) in [4.78, 5) is 74.4. The zero-order valence-corrected chi connectivity index (χ0v) is 37.4. The lowest BCUT2D eigenvalue weighted by Crippen LogP contribution is -2.43. The summed E-state index contributed by atoms with van der Waals surface area (Å²) in [5.74, 6) is -0.938. The summed E-state index contributed by atoms with van der Waals surface area (Å²) in [6.07, 6.45) is 17.0. The minimum absolute atomic E-state index is 0.0115. The number of rotatable bonds is 25. The van der Waals surface area contributed by atoms with E-state index in [0.29, 0.717) is 6.42 Å². The molecule has 0 aliphatic carbocycles. The number of aliphatic hydroxyl groups is 1. The van der Waals surface area contributed by atoms with Crippen molar-refractivity contribution in [1.29, 1.82) is 0 Å². The van der Waals surface area contributed by atoms with E-state index < -0.39 is 72.5 Å². The molecular formula is C46H58FN5O13. The number of hydrogen-bond acceptors (Lipinski definition) is 16. The van der Waals surface area contributed by atoms with Gasteiger partial charge in [-0.05, 0) is 39.3 Å². The smallest absolute Gasteiger partial charge is 0.458 e. The molecule has 3 atom stereocenters. The van der Waals surface area contributed by atoms with E-state index in [4.69, 9.17) is 38.9 Å². The number of benzene rings is 1. The molecule has 0 bridgehead atoms. The fourth-order valence-corrected chi connectivity index (χ4v) is 7.31. The van der Waals surface area contributed by atoms with E-state index in [1.807, 2.05) is 0 Å². The first-order chi connectivity index (χ1) is 31.1. The molecule has 0 saturated carbocycles. The predicted molar refractivity (Wildman–Crippen MR) is 231 cm³/mol. The van der Waals surface area contributed by atoms with Crippen LogP contribution in [-0.2, 0) is 35.1 Å². The summed E-state index contributed by atoms with van der Waals surface area (Å²) in [6, 6.07) is 6.11. The lowest BCUT2D eigenvalue weighted by atomic mass is 9.99. The molecule has 0 unspecified atom stereocenters. The zero-order valence-electron chi connectivity index (χ0n) is 37.4. The van der Waals surface area contributed by atoms with Crippen LogP contribution in [0, 0.1) is 25.3 Å². The lowest BCUT2D eigenvalue weighted by Gasteiger charge is -2.26. The largest absolute Gasteiger partial charge is 0.519 e. The van der Waals surface area contributed by atoms with Gasteiger partial charge >= 0.3 is 35.9 Å². The first kappa shape index (κ1) is 49.9. The van der Waals surface area contributed by atoms with Gasteiger partial charge in [0.05, 0.1) is 12.7 Å². The van der Waals surface area contributed by atoms with E-state index in [-0.39, 0.29) is 59.3 Å². The number of fused-ring (bicyclic) bond motifs is 1. The number of amides is 1. The average molecular weight is 908 g/mol. The van der Waals surface area contributed by atoms with Crippen molar-refractivity contribution >= 4 is 41.0 Å². The summed E-state index contributed by atoms with van der Waals surface area (Å²) >= 11 is 0. The zero-order chi connectivity index (χ0) is 47.0. The second kappa shape index (κ2) is 23.7. The molecular weight excluding hydrogens is 850 g/mol. The van der Waals surface area contributed by atoms with Crippen molar-refractivity contribution < 1.29 is 61.2 Å². The van der Waals surface area contributed by atoms with Gasteiger partial charge < -0.3 is 37.6 Å². The van der Waals surface area contributed by atoms with E-state index in [9.17, 15) is 33.5 Å². The van der Waals surface area contributed by atoms with Crippen molar-refractivity contribution in [3.05, 3.63) is 64.4 Å². The van der Waals surface area contributed by atoms with Crippen molar-refractivity contribution in [2.24, 2.45) is 0 Å². The van der Waals surface area contributed by atoms with Gasteiger partial charge in [0.2, 0.25) is 0 Å². The number of para-hydroxylation sites is 1. The highest BCUT2D eigenvalue weighted by Crippen LogP contribution is 2.39. The molecule has 1 amide bonds. The minimum Gasteiger partial charge on any atom is -0.458 e. The monoisotopic (exact) mass is 907 g/mol. The van der Waals surface area contributed by atoms with E-state index in [2.05, 4.69) is 33.1 Å². The van der Waals surface area contributed by atoms with Gasteiger partial charge in [-0.1, -0.05) is 102 Å². The number of halogens is 1. The molecule has 1 saturated heterocycles. The SMILES string of the molecule is C#C[C@]1(COC(=O)c2ccccc2OC(=O)CCCCCCCCCCCCCCC)O[C@@H](n2cnc3c(NC(=O)OC(C)(C)CC(=O)OCc4oc(=O)oc4C)nc(F)nc32)C[C@@H]1O. The van der Waals surface area contributed by atoms with E-state index in [1.165, 1.54) is 102 Å². The minimum atomic E-state index is -1.87. The van der Waals surface area contributed by atoms with Crippen LogP contribution in [0.4, 0.5) is 15.0 Å². The van der Waals surface area contributed by atoms with Crippen molar-refractivity contribution in [1.82, 2.24) is 19.5 Å². The third-order valence-electron chi connectivity index (χ3n) is 10.9. The molecule has 65 heavy (non-hydrogen) atoms. The van der Waals surface area contributed by atoms with Gasteiger partial charge in [0.1, 0.15) is 35.9 Å². The number of carbonyl (C=O) groups excluding carboxylic acids is 4. The summed E-state index contributed by atoms with van der Waals surface area (Å²) in [6.45, 7) is 5.54. The Balaban J connectivity index is 1.11. The first-order valence-electron chi connectivity index (χ1n) is 22.1. The quantitative estimate of drug-likeness (QED) is 0.0159. The summed E-state index contributed by atoms with van der Waals surface area (Å²) in [7, 11) is 0. The third-order valence-corrected chi connectivity index (χ3v) is 10.9. The standard InChI is InChI=1S/C46H58FN5O13/c1-6-8-9-10-11-12-13-14-15-16-17-18-19-24-36(54)62-32-23-21-20-22-31(32)41(56)60-28-46(7-2)34(53)25-35(64-46)52-29-48-38-39(49-42(47)51-40(38)52)50-43(57)65-45(4,5)26-37(55)59-27-33-30(3)61-44(58)63-33/h2,20-23,29,34-35,53H,6,8-19,24-28H2,1,3-5H3,(H,49,50,51,57)/t34-,35+,46+/m0/s1. The number of aliphatic hydroxyl groups excluding tert-OH is 1. The molecule has 1 aromatic carbocycles. The Morgan fingerprint density at radius 2 is 1.63 bits per heavy atom. The highest BCUT2D eigenvalue weighted by atomic mass is 19.1. The van der Waals surface area contributed by atoms with Gasteiger partial charge in [-0.25, -0.2) is 19.4 Å². The number of unbranched alkanes of at least 4 members (excludes halogenated alkanes) is 12. The molecule has 0 radical (unpaired) electrons. The third kappa shape index (κ3) is 14.4. The molecule has 18 nitrogen and oxygen atoms in total. The number of imidazole rings is 1. The Morgan fingerprint density at radius 1 is 0.969 bits per heavy atom. The van der Waals surface area contributed by atoms with Crippen molar-refractivity contribution in [3.63, 3.8) is 0 Å². The second-order valence-electron chi connectivity index (χ2n) is 16.6. The van der Waals surface area contributed by atoms with Crippen LogP contribution < -0.4 is 15.9 Å². The molecule has 4 heterocycles. The number of aryl methyl sites for hydroxylation is 1. The molecule has 1 aliphatic rings. The summed E-state index contributed by atoms with van der Waals surface area (Å²) in [5.41, 5.74) is -3.60. The van der Waals surface area contributed by atoms with E-state index >= 15 is 0 Å². The molecule has 4 aromatic rings. The van der Waals surface area contributed by atoms with Crippen molar-refractivity contribution in [2.75, 3.05) is 11.9 Å². The van der Waals surface area contributed by atoms with Crippen LogP contribution in [0.5, 0.6) is 5.75 Å². The molecule has 352 valence electrons. The molecule has 19 heteroatoms. The Morgan fingerprint density at radius 3 is 2.28 bits per heavy atom. The number of terminal acetylenes is 1. The highest BCUT2D eigenvalue weighted by Gasteiger charge is 2.49. The van der Waals surface area contributed by atoms with Gasteiger partial charge in [0.15, 0.2) is 40.7 Å². The summed E-state index contributed by atoms with van der Waals surface area (Å²) < 4.78 is 53.3. The molecule has 0 spiro atoms. The van der Waals surface area contributed by atoms with Crippen LogP contribution in [0.25, 0.3) is 11.2 Å². The van der Waals surface area contributed by atoms with Crippen molar-refractivity contribution in [3.8, 4) is 18.1 Å². The predicted octanol–water partition coefficient (Wildman–Crippen LogP) is 8.18. The number of aromatic nitrogens is 4. The van der Waals surface area contributed by atoms with Crippen LogP contribution in [0.1, 0.15) is 152 Å². The number of anilines is 1. The molecule has 1 aliphatic heterocycles. The van der Waals surface area contributed by atoms with Crippen LogP contribution in [-0.4, -0.2) is 72.5 Å². The molecule has 3 aromatic heterocycles. The van der Waals surface area contributed by atoms with Crippen LogP contribution in [0.15, 0.2) is 44.2 Å². The Kier molecular flexibility index (Phi) is 18.2. The van der Waals surface area contributed by atoms with Gasteiger partial charge in [0.25, 0.3) is 0 Å². The maximum atomic E-state index is 14.9. The maximum Gasteiger partial charge on any atom is 0.519 e. The number of carbonyl (C=O) groups is 4. The van der Waals surface area contributed by atoms with E-state index in [1.54, 1.807) is 12.1 Å². The number of ether oxygens (including phenoxy) is 5. The fourth-order valence-electron chi connectivity index (χ4n) is 7.31. The highest BCUT2D eigenvalue weighted by molar-refractivity contribution is 5.94. The van der Waals surface area contributed by atoms with Gasteiger partial charge in [-0.2, -0.15) is 14.4 Å². The van der Waals surface area contributed by atoms with Gasteiger partial charge in [-0.15, -0.1) is 6.42 Å². The topological polar surface area (TPSA) is 234 Å². The van der Waals surface area contributed by atoms with Crippen LogP contribution in [0.2, 0.25) is 0 Å². The second-order valence-corrected chi connectivity index (χ2v) is 16.6. The first-order valence-corrected chi connectivity index (χ1v) is 22.1. The summed E-state index contributed by atoms with van der Waals surface area (Å²) in [5, 5.41) is 13.5. The van der Waals surface area contributed by atoms with Crippen molar-refractivity contribution in [2.45, 2.75) is 161 Å². The van der Waals surface area contributed by atoms with E-state index in [0.717, 1.165) is 19.3 Å². The van der Waals surface area contributed by atoms with Crippen LogP contribution >= 0.6 is 0 Å². The average Bonchev–Trinajstić information content (AvgIpc) is 3.93. The molecule has 2 N–H and O–H groups in total. The van der Waals surface area contributed by atoms with Crippen LogP contribution in [0.3, 0.4) is 0 Å². The molecule has 1 fully saturated rings. The maximum absolute atomic E-state index is 14.9. The number of hydrogen-bond donors (Lipinski definition) is 2. The van der Waals surface area contributed by atoms with Gasteiger partial charge in [0, 0.05) is 12.8 Å². The molecule has 5 rings (SSSR count). The fraction of sp³-hybridized carbons (Fsp3) is 0.565. The Bertz CT molecular complexity index is 2350. The number of nitrogens with zero attached hydrogens (tertiary/aromatic N) is 4. The van der Waals surface area contributed by atoms with Gasteiger partial charge in [-0.3, -0.25) is 19.5 Å². The Hall–Kier alpha value is -6.13. The Labute approximate surface area is 375 Å². The lowest BCUT2D eigenvalue weighted by molar-refractivity contribution is -0.149. The number of nitrogens with one attached hydrogen (secondary N) is 1.